The standard InChI is InChI=1S/C13H16N4O/c1-8-3-4-10(11(5-8)18-2)13-16-7-9(6-14)12(15)17-13/h3-5,7H,6,14H2,1-2H3,(H2,15,16,17). The third-order valence-corrected chi connectivity index (χ3v) is 2.72. The molecule has 1 aromatic heterocycles. The van der Waals surface area contributed by atoms with E-state index in [0.717, 1.165) is 22.4 Å². The molecule has 1 aromatic carbocycles. The van der Waals surface area contributed by atoms with E-state index in [-0.39, 0.29) is 0 Å². The molecule has 0 amide bonds. The first-order chi connectivity index (χ1) is 8.65. The Labute approximate surface area is 106 Å². The molecular weight excluding hydrogens is 228 g/mol. The van der Waals surface area contributed by atoms with Crippen LogP contribution in [0, 0.1) is 6.92 Å². The number of methoxy groups -OCH3 is 1. The number of nitrogen functional groups attached to an aromatic ring is 1. The monoisotopic (exact) mass is 244 g/mol. The summed E-state index contributed by atoms with van der Waals surface area (Å²) in [6.07, 6.45) is 1.65. The Balaban J connectivity index is 2.51. The summed E-state index contributed by atoms with van der Waals surface area (Å²) in [4.78, 5) is 8.53. The fourth-order valence-corrected chi connectivity index (χ4v) is 1.69. The Hall–Kier alpha value is -2.14. The van der Waals surface area contributed by atoms with Gasteiger partial charge in [-0.3, -0.25) is 0 Å². The van der Waals surface area contributed by atoms with Crippen molar-refractivity contribution in [3.63, 3.8) is 0 Å². The van der Waals surface area contributed by atoms with E-state index in [1.807, 2.05) is 25.1 Å². The maximum Gasteiger partial charge on any atom is 0.165 e. The molecule has 1 heterocycles. The van der Waals surface area contributed by atoms with Crippen LogP contribution in [0.1, 0.15) is 11.1 Å². The van der Waals surface area contributed by atoms with Gasteiger partial charge in [-0.2, -0.15) is 0 Å². The summed E-state index contributed by atoms with van der Waals surface area (Å²) in [5.74, 6) is 1.68. The number of ether oxygens (including phenoxy) is 1. The minimum Gasteiger partial charge on any atom is -0.496 e. The van der Waals surface area contributed by atoms with Gasteiger partial charge in [-0.1, -0.05) is 6.07 Å². The number of hydrogen-bond donors (Lipinski definition) is 2. The van der Waals surface area contributed by atoms with Crippen molar-refractivity contribution in [2.45, 2.75) is 13.5 Å². The summed E-state index contributed by atoms with van der Waals surface area (Å²) in [7, 11) is 1.62. The lowest BCUT2D eigenvalue weighted by Crippen LogP contribution is -2.06. The lowest BCUT2D eigenvalue weighted by molar-refractivity contribution is 0.416. The molecule has 2 rings (SSSR count). The number of aryl methyl sites for hydroxylation is 1. The Bertz CT molecular complexity index is 569. The first-order valence-electron chi connectivity index (χ1n) is 5.62. The summed E-state index contributed by atoms with van der Waals surface area (Å²) < 4.78 is 5.33. The van der Waals surface area contributed by atoms with Gasteiger partial charge in [0.1, 0.15) is 11.6 Å². The van der Waals surface area contributed by atoms with Gasteiger partial charge in [0.15, 0.2) is 5.82 Å². The van der Waals surface area contributed by atoms with Gasteiger partial charge in [0.05, 0.1) is 12.7 Å². The molecule has 2 aromatic rings. The molecule has 0 aliphatic heterocycles. The van der Waals surface area contributed by atoms with E-state index in [1.165, 1.54) is 0 Å². The Kier molecular flexibility index (Phi) is 3.43. The number of hydrogen-bond acceptors (Lipinski definition) is 5. The second-order valence-corrected chi connectivity index (χ2v) is 4.01. The summed E-state index contributed by atoms with van der Waals surface area (Å²) in [6.45, 7) is 2.33. The van der Waals surface area contributed by atoms with Gasteiger partial charge in [0, 0.05) is 18.3 Å². The highest BCUT2D eigenvalue weighted by molar-refractivity contribution is 5.66. The number of benzene rings is 1. The molecule has 0 aliphatic carbocycles. The van der Waals surface area contributed by atoms with E-state index in [1.54, 1.807) is 13.3 Å². The summed E-state index contributed by atoms with van der Waals surface area (Å²) in [6, 6.07) is 5.84. The zero-order chi connectivity index (χ0) is 13.1. The van der Waals surface area contributed by atoms with Crippen molar-refractivity contribution in [3.05, 3.63) is 35.5 Å². The van der Waals surface area contributed by atoms with E-state index in [0.29, 0.717) is 18.2 Å². The molecule has 0 saturated carbocycles. The van der Waals surface area contributed by atoms with Crippen LogP contribution in [-0.4, -0.2) is 17.1 Å². The van der Waals surface area contributed by atoms with E-state index >= 15 is 0 Å². The Morgan fingerprint density at radius 1 is 1.33 bits per heavy atom. The molecular formula is C13H16N4O. The van der Waals surface area contributed by atoms with Crippen molar-refractivity contribution in [3.8, 4) is 17.1 Å². The highest BCUT2D eigenvalue weighted by atomic mass is 16.5. The van der Waals surface area contributed by atoms with Crippen molar-refractivity contribution in [1.82, 2.24) is 9.97 Å². The number of aromatic nitrogens is 2. The van der Waals surface area contributed by atoms with Crippen LogP contribution in [0.25, 0.3) is 11.4 Å². The number of nitrogens with zero attached hydrogens (tertiary/aromatic N) is 2. The molecule has 0 bridgehead atoms. The average molecular weight is 244 g/mol. The smallest absolute Gasteiger partial charge is 0.165 e. The second-order valence-electron chi connectivity index (χ2n) is 4.01. The highest BCUT2D eigenvalue weighted by Crippen LogP contribution is 2.28. The van der Waals surface area contributed by atoms with Gasteiger partial charge in [-0.25, -0.2) is 9.97 Å². The molecule has 5 heteroatoms. The van der Waals surface area contributed by atoms with Crippen molar-refractivity contribution >= 4 is 5.82 Å². The third kappa shape index (κ3) is 2.26. The molecule has 18 heavy (non-hydrogen) atoms. The molecule has 0 atom stereocenters. The van der Waals surface area contributed by atoms with E-state index in [9.17, 15) is 0 Å². The lowest BCUT2D eigenvalue weighted by Gasteiger charge is -2.09. The topological polar surface area (TPSA) is 87.0 Å². The molecule has 0 aliphatic rings. The van der Waals surface area contributed by atoms with Gasteiger partial charge >= 0.3 is 0 Å². The van der Waals surface area contributed by atoms with E-state index in [4.69, 9.17) is 16.2 Å². The van der Waals surface area contributed by atoms with E-state index < -0.39 is 0 Å². The molecule has 0 fully saturated rings. The first-order valence-corrected chi connectivity index (χ1v) is 5.62. The van der Waals surface area contributed by atoms with E-state index in [2.05, 4.69) is 9.97 Å². The molecule has 5 nitrogen and oxygen atoms in total. The second kappa shape index (κ2) is 5.01. The zero-order valence-corrected chi connectivity index (χ0v) is 10.5. The highest BCUT2D eigenvalue weighted by Gasteiger charge is 2.10. The minimum atomic E-state index is 0.331. The molecule has 0 unspecified atom stereocenters. The number of rotatable bonds is 3. The quantitative estimate of drug-likeness (QED) is 0.854. The molecule has 4 N–H and O–H groups in total. The maximum atomic E-state index is 5.82. The van der Waals surface area contributed by atoms with Crippen molar-refractivity contribution in [2.24, 2.45) is 5.73 Å². The van der Waals surface area contributed by atoms with Crippen molar-refractivity contribution in [1.29, 1.82) is 0 Å². The van der Waals surface area contributed by atoms with Gasteiger partial charge < -0.3 is 16.2 Å². The van der Waals surface area contributed by atoms with Crippen molar-refractivity contribution in [2.75, 3.05) is 12.8 Å². The predicted octanol–water partition coefficient (Wildman–Crippen LogP) is 1.50. The summed E-state index contributed by atoms with van der Waals surface area (Å²) in [5.41, 5.74) is 14.0. The fraction of sp³-hybridized carbons (Fsp3) is 0.231. The largest absolute Gasteiger partial charge is 0.496 e. The van der Waals surface area contributed by atoms with Crippen LogP contribution in [0.4, 0.5) is 5.82 Å². The normalized spacial score (nSPS) is 10.4. The van der Waals surface area contributed by atoms with Crippen LogP contribution in [0.15, 0.2) is 24.4 Å². The first kappa shape index (κ1) is 12.3. The van der Waals surface area contributed by atoms with Gasteiger partial charge in [0.2, 0.25) is 0 Å². The number of nitrogens with two attached hydrogens (primary N) is 2. The fourth-order valence-electron chi connectivity index (χ4n) is 1.69. The predicted molar refractivity (Wildman–Crippen MR) is 71.1 cm³/mol. The van der Waals surface area contributed by atoms with Crippen LogP contribution in [-0.2, 0) is 6.54 Å². The summed E-state index contributed by atoms with van der Waals surface area (Å²) in [5, 5.41) is 0. The van der Waals surface area contributed by atoms with Crippen LogP contribution < -0.4 is 16.2 Å². The average Bonchev–Trinajstić information content (AvgIpc) is 2.38. The maximum absolute atomic E-state index is 5.82. The van der Waals surface area contributed by atoms with Crippen LogP contribution in [0.2, 0.25) is 0 Å². The molecule has 94 valence electrons. The molecule has 0 spiro atoms. The molecule has 0 radical (unpaired) electrons. The molecule has 0 saturated heterocycles. The van der Waals surface area contributed by atoms with Gasteiger partial charge in [0.25, 0.3) is 0 Å². The lowest BCUT2D eigenvalue weighted by atomic mass is 10.1. The van der Waals surface area contributed by atoms with Crippen LogP contribution in [0.3, 0.4) is 0 Å². The SMILES string of the molecule is COc1cc(C)ccc1-c1ncc(CN)c(N)n1. The van der Waals surface area contributed by atoms with Crippen LogP contribution in [0.5, 0.6) is 5.75 Å². The Morgan fingerprint density at radius 2 is 2.11 bits per heavy atom. The minimum absolute atomic E-state index is 0.331. The Morgan fingerprint density at radius 3 is 2.72 bits per heavy atom. The van der Waals surface area contributed by atoms with Gasteiger partial charge in [-0.15, -0.1) is 0 Å². The van der Waals surface area contributed by atoms with Gasteiger partial charge in [-0.05, 0) is 24.6 Å². The zero-order valence-electron chi connectivity index (χ0n) is 10.5. The summed E-state index contributed by atoms with van der Waals surface area (Å²) >= 11 is 0. The number of anilines is 1. The third-order valence-electron chi connectivity index (χ3n) is 2.72. The van der Waals surface area contributed by atoms with Crippen molar-refractivity contribution < 1.29 is 4.74 Å². The van der Waals surface area contributed by atoms with Crippen LogP contribution >= 0.6 is 0 Å².